The van der Waals surface area contributed by atoms with Gasteiger partial charge in [0.15, 0.2) is 0 Å². The van der Waals surface area contributed by atoms with E-state index < -0.39 is 11.8 Å². The van der Waals surface area contributed by atoms with Crippen LogP contribution in [0.2, 0.25) is 5.02 Å². The van der Waals surface area contributed by atoms with Crippen LogP contribution in [0.3, 0.4) is 0 Å². The van der Waals surface area contributed by atoms with E-state index in [1.54, 1.807) is 12.1 Å². The lowest BCUT2D eigenvalue weighted by Gasteiger charge is -2.11. The molecule has 0 heterocycles. The van der Waals surface area contributed by atoms with Gasteiger partial charge in [0.2, 0.25) is 0 Å². The smallest absolute Gasteiger partial charge is 0.309 e. The van der Waals surface area contributed by atoms with Crippen molar-refractivity contribution in [3.8, 4) is 0 Å². The highest BCUT2D eigenvalue weighted by atomic mass is 35.5. The summed E-state index contributed by atoms with van der Waals surface area (Å²) in [6.07, 6.45) is 1.46. The Morgan fingerprint density at radius 3 is 2.42 bits per heavy atom. The summed E-state index contributed by atoms with van der Waals surface area (Å²) in [6.45, 7) is 4.23. The third-order valence-electron chi connectivity index (χ3n) is 2.81. The van der Waals surface area contributed by atoms with Gasteiger partial charge in [0.05, 0.1) is 0 Å². The van der Waals surface area contributed by atoms with Crippen molar-refractivity contribution in [2.24, 2.45) is 0 Å². The molecule has 2 amide bonds. The molecule has 19 heavy (non-hydrogen) atoms. The number of carbonyl (C=O) groups excluding carboxylic acids is 2. The third kappa shape index (κ3) is 5.75. The SMILES string of the molecule is CCC(C)NC(=O)C(=O)NCCc1ccc(Cl)cc1. The van der Waals surface area contributed by atoms with Crippen LogP contribution in [0.4, 0.5) is 0 Å². The Bertz CT molecular complexity index is 432. The molecular formula is C14H19ClN2O2. The summed E-state index contributed by atoms with van der Waals surface area (Å²) in [7, 11) is 0. The molecule has 4 nitrogen and oxygen atoms in total. The number of carbonyl (C=O) groups is 2. The maximum absolute atomic E-state index is 11.5. The molecule has 2 N–H and O–H groups in total. The summed E-state index contributed by atoms with van der Waals surface area (Å²) < 4.78 is 0. The van der Waals surface area contributed by atoms with Crippen molar-refractivity contribution in [3.05, 3.63) is 34.9 Å². The third-order valence-corrected chi connectivity index (χ3v) is 3.06. The maximum Gasteiger partial charge on any atom is 0.309 e. The first-order valence-electron chi connectivity index (χ1n) is 6.36. The molecule has 5 heteroatoms. The van der Waals surface area contributed by atoms with E-state index in [1.807, 2.05) is 26.0 Å². The molecule has 1 rings (SSSR count). The Balaban J connectivity index is 2.30. The summed E-state index contributed by atoms with van der Waals surface area (Å²) in [4.78, 5) is 23.0. The molecule has 0 radical (unpaired) electrons. The minimum absolute atomic E-state index is 0.00881. The molecule has 1 aromatic carbocycles. The molecule has 0 saturated heterocycles. The molecule has 104 valence electrons. The molecule has 0 bridgehead atoms. The highest BCUT2D eigenvalue weighted by Crippen LogP contribution is 2.09. The molecule has 1 atom stereocenters. The Labute approximate surface area is 118 Å². The van der Waals surface area contributed by atoms with Crippen molar-refractivity contribution >= 4 is 23.4 Å². The number of amides is 2. The van der Waals surface area contributed by atoms with Crippen LogP contribution in [0.15, 0.2) is 24.3 Å². The standard InChI is InChI=1S/C14H19ClN2O2/c1-3-10(2)17-14(19)13(18)16-9-8-11-4-6-12(15)7-5-11/h4-7,10H,3,8-9H2,1-2H3,(H,16,18)(H,17,19). The van der Waals surface area contributed by atoms with Gasteiger partial charge in [-0.25, -0.2) is 0 Å². The molecule has 1 unspecified atom stereocenters. The van der Waals surface area contributed by atoms with Crippen LogP contribution in [-0.2, 0) is 16.0 Å². The molecule has 1 aromatic rings. The van der Waals surface area contributed by atoms with E-state index in [-0.39, 0.29) is 6.04 Å². The number of hydrogen-bond donors (Lipinski definition) is 2. The van der Waals surface area contributed by atoms with Gasteiger partial charge < -0.3 is 10.6 Å². The zero-order valence-corrected chi connectivity index (χ0v) is 12.0. The number of benzene rings is 1. The van der Waals surface area contributed by atoms with E-state index in [9.17, 15) is 9.59 Å². The maximum atomic E-state index is 11.5. The fraction of sp³-hybridized carbons (Fsp3) is 0.429. The number of rotatable bonds is 5. The van der Waals surface area contributed by atoms with Crippen molar-refractivity contribution < 1.29 is 9.59 Å². The fourth-order valence-electron chi connectivity index (χ4n) is 1.44. The summed E-state index contributed by atoms with van der Waals surface area (Å²) in [5.74, 6) is -1.17. The Morgan fingerprint density at radius 1 is 1.21 bits per heavy atom. The van der Waals surface area contributed by atoms with Crippen LogP contribution >= 0.6 is 11.6 Å². The molecule has 0 aromatic heterocycles. The zero-order chi connectivity index (χ0) is 14.3. The molecular weight excluding hydrogens is 264 g/mol. The van der Waals surface area contributed by atoms with Crippen molar-refractivity contribution in [1.82, 2.24) is 10.6 Å². The number of halogens is 1. The number of hydrogen-bond acceptors (Lipinski definition) is 2. The first-order valence-corrected chi connectivity index (χ1v) is 6.74. The van der Waals surface area contributed by atoms with Crippen LogP contribution in [0.5, 0.6) is 0 Å². The van der Waals surface area contributed by atoms with E-state index in [1.165, 1.54) is 0 Å². The summed E-state index contributed by atoms with van der Waals surface area (Å²) in [6, 6.07) is 7.40. The van der Waals surface area contributed by atoms with E-state index in [0.717, 1.165) is 12.0 Å². The van der Waals surface area contributed by atoms with Gasteiger partial charge in [-0.2, -0.15) is 0 Å². The molecule has 0 fully saturated rings. The lowest BCUT2D eigenvalue weighted by molar-refractivity contribution is -0.139. The van der Waals surface area contributed by atoms with Gasteiger partial charge in [-0.05, 0) is 37.5 Å². The molecule has 0 aliphatic heterocycles. The van der Waals surface area contributed by atoms with Crippen LogP contribution in [0.1, 0.15) is 25.8 Å². The van der Waals surface area contributed by atoms with E-state index in [0.29, 0.717) is 18.0 Å². The highest BCUT2D eigenvalue weighted by Gasteiger charge is 2.14. The van der Waals surface area contributed by atoms with Gasteiger partial charge in [0.1, 0.15) is 0 Å². The quantitative estimate of drug-likeness (QED) is 0.811. The summed E-state index contributed by atoms with van der Waals surface area (Å²) in [5.41, 5.74) is 1.06. The average molecular weight is 283 g/mol. The molecule has 0 spiro atoms. The predicted molar refractivity (Wildman–Crippen MR) is 76.1 cm³/mol. The van der Waals surface area contributed by atoms with Gasteiger partial charge in [-0.1, -0.05) is 30.7 Å². The monoisotopic (exact) mass is 282 g/mol. The second-order valence-electron chi connectivity index (χ2n) is 4.42. The topological polar surface area (TPSA) is 58.2 Å². The second kappa shape index (κ2) is 7.79. The first kappa shape index (κ1) is 15.5. The Kier molecular flexibility index (Phi) is 6.36. The fourth-order valence-corrected chi connectivity index (χ4v) is 1.57. The molecule has 0 saturated carbocycles. The number of nitrogens with one attached hydrogen (secondary N) is 2. The minimum atomic E-state index is -0.589. The van der Waals surface area contributed by atoms with Gasteiger partial charge in [-0.3, -0.25) is 9.59 Å². The predicted octanol–water partition coefficient (Wildman–Crippen LogP) is 1.91. The van der Waals surface area contributed by atoms with Gasteiger partial charge in [0, 0.05) is 17.6 Å². The van der Waals surface area contributed by atoms with Crippen molar-refractivity contribution in [3.63, 3.8) is 0 Å². The minimum Gasteiger partial charge on any atom is -0.348 e. The lowest BCUT2D eigenvalue weighted by atomic mass is 10.1. The van der Waals surface area contributed by atoms with Crippen molar-refractivity contribution in [2.75, 3.05) is 6.54 Å². The van der Waals surface area contributed by atoms with Crippen LogP contribution in [0.25, 0.3) is 0 Å². The zero-order valence-electron chi connectivity index (χ0n) is 11.2. The van der Waals surface area contributed by atoms with Crippen molar-refractivity contribution in [2.45, 2.75) is 32.7 Å². The summed E-state index contributed by atoms with van der Waals surface area (Å²) in [5, 5.41) is 5.89. The largest absolute Gasteiger partial charge is 0.348 e. The van der Waals surface area contributed by atoms with Crippen molar-refractivity contribution in [1.29, 1.82) is 0 Å². The second-order valence-corrected chi connectivity index (χ2v) is 4.85. The van der Waals surface area contributed by atoms with Gasteiger partial charge in [-0.15, -0.1) is 0 Å². The normalized spacial score (nSPS) is 11.7. The molecule has 0 aliphatic carbocycles. The average Bonchev–Trinajstić information content (AvgIpc) is 2.40. The van der Waals surface area contributed by atoms with Gasteiger partial charge in [0.25, 0.3) is 0 Å². The first-order chi connectivity index (χ1) is 9.02. The Morgan fingerprint density at radius 2 is 1.84 bits per heavy atom. The van der Waals surface area contributed by atoms with E-state index in [2.05, 4.69) is 10.6 Å². The van der Waals surface area contributed by atoms with Gasteiger partial charge >= 0.3 is 11.8 Å². The van der Waals surface area contributed by atoms with E-state index >= 15 is 0 Å². The van der Waals surface area contributed by atoms with E-state index in [4.69, 9.17) is 11.6 Å². The summed E-state index contributed by atoms with van der Waals surface area (Å²) >= 11 is 5.78. The highest BCUT2D eigenvalue weighted by molar-refractivity contribution is 6.35. The van der Waals surface area contributed by atoms with Crippen LogP contribution < -0.4 is 10.6 Å². The molecule has 0 aliphatic rings. The Hall–Kier alpha value is -1.55. The van der Waals surface area contributed by atoms with Crippen LogP contribution in [0, 0.1) is 0 Å². The van der Waals surface area contributed by atoms with Crippen LogP contribution in [-0.4, -0.2) is 24.4 Å². The lowest BCUT2D eigenvalue weighted by Crippen LogP contribution is -2.43.